The quantitative estimate of drug-likeness (QED) is 0.772. The molecule has 166 valence electrons. The largest absolute Gasteiger partial charge is 0.369 e. The minimum atomic E-state index is -0.256. The number of aryl methyl sites for hydroxylation is 2. The summed E-state index contributed by atoms with van der Waals surface area (Å²) in [6, 6.07) is 1.91. The summed E-state index contributed by atoms with van der Waals surface area (Å²) in [5, 5.41) is 4.00. The number of nitrogens with two attached hydrogens (primary N) is 1. The van der Waals surface area contributed by atoms with Gasteiger partial charge in [0.2, 0.25) is 11.8 Å². The number of carbonyl (C=O) groups excluding carboxylic acids is 2. The number of rotatable bonds is 5. The molecule has 2 N–H and O–H groups in total. The standard InChI is InChI=1S/C22H30N6O3/c1-14-11-19(31-26-14)18-12-24-15(2)25-21(18)16-3-7-27(8-4-16)13-20(29)28-9-5-17(6-10-28)22(23)30/h11-12,16-17H,3-10,13H2,1-2H3,(H2,23,30). The molecule has 4 rings (SSSR count). The molecule has 0 aromatic carbocycles. The van der Waals surface area contributed by atoms with E-state index in [9.17, 15) is 9.59 Å². The lowest BCUT2D eigenvalue weighted by Gasteiger charge is -2.35. The van der Waals surface area contributed by atoms with Crippen molar-refractivity contribution in [2.75, 3.05) is 32.7 Å². The fourth-order valence-electron chi connectivity index (χ4n) is 4.55. The SMILES string of the molecule is Cc1cc(-c2cnc(C)nc2C2CCN(CC(=O)N3CCC(C(N)=O)CC3)CC2)on1. The van der Waals surface area contributed by atoms with Gasteiger partial charge in [-0.25, -0.2) is 9.97 Å². The van der Waals surface area contributed by atoms with Gasteiger partial charge in [-0.15, -0.1) is 0 Å². The maximum Gasteiger partial charge on any atom is 0.236 e. The van der Waals surface area contributed by atoms with Crippen LogP contribution in [0.1, 0.15) is 48.8 Å². The van der Waals surface area contributed by atoms with Gasteiger partial charge < -0.3 is 15.2 Å². The topological polar surface area (TPSA) is 118 Å². The first-order chi connectivity index (χ1) is 14.9. The van der Waals surface area contributed by atoms with E-state index < -0.39 is 0 Å². The molecule has 31 heavy (non-hydrogen) atoms. The molecule has 0 bridgehead atoms. The van der Waals surface area contributed by atoms with Gasteiger partial charge >= 0.3 is 0 Å². The predicted molar refractivity (Wildman–Crippen MR) is 114 cm³/mol. The molecule has 2 fully saturated rings. The van der Waals surface area contributed by atoms with Crippen molar-refractivity contribution in [3.8, 4) is 11.3 Å². The summed E-state index contributed by atoms with van der Waals surface area (Å²) in [6.45, 7) is 7.12. The number of piperidine rings is 2. The van der Waals surface area contributed by atoms with Crippen molar-refractivity contribution in [3.63, 3.8) is 0 Å². The molecule has 2 aromatic heterocycles. The monoisotopic (exact) mass is 426 g/mol. The zero-order chi connectivity index (χ0) is 22.0. The van der Waals surface area contributed by atoms with Crippen LogP contribution in [0.4, 0.5) is 0 Å². The maximum atomic E-state index is 12.7. The van der Waals surface area contributed by atoms with Crippen molar-refractivity contribution in [3.05, 3.63) is 29.5 Å². The summed E-state index contributed by atoms with van der Waals surface area (Å²) in [5.74, 6) is 1.51. The molecular weight excluding hydrogens is 396 g/mol. The first-order valence-electron chi connectivity index (χ1n) is 11.0. The molecule has 0 aliphatic carbocycles. The van der Waals surface area contributed by atoms with Gasteiger partial charge in [0.05, 0.1) is 23.5 Å². The highest BCUT2D eigenvalue weighted by Gasteiger charge is 2.29. The van der Waals surface area contributed by atoms with Gasteiger partial charge in [0.15, 0.2) is 5.76 Å². The average Bonchev–Trinajstić information content (AvgIpc) is 3.20. The molecule has 2 aliphatic rings. The molecule has 0 atom stereocenters. The van der Waals surface area contributed by atoms with Crippen LogP contribution in [0.3, 0.4) is 0 Å². The summed E-state index contributed by atoms with van der Waals surface area (Å²) >= 11 is 0. The normalized spacial score (nSPS) is 19.0. The first kappa shape index (κ1) is 21.4. The third-order valence-corrected chi connectivity index (χ3v) is 6.42. The van der Waals surface area contributed by atoms with Crippen LogP contribution in [0.2, 0.25) is 0 Å². The van der Waals surface area contributed by atoms with E-state index >= 15 is 0 Å². The summed E-state index contributed by atoms with van der Waals surface area (Å²) in [7, 11) is 0. The molecule has 2 saturated heterocycles. The third kappa shape index (κ3) is 4.92. The lowest BCUT2D eigenvalue weighted by molar-refractivity contribution is -0.136. The number of hydrogen-bond donors (Lipinski definition) is 1. The number of likely N-dealkylation sites (tertiary alicyclic amines) is 2. The van der Waals surface area contributed by atoms with Crippen molar-refractivity contribution in [1.29, 1.82) is 0 Å². The highest BCUT2D eigenvalue weighted by molar-refractivity contribution is 5.80. The van der Waals surface area contributed by atoms with E-state index in [2.05, 4.69) is 15.0 Å². The molecule has 9 nitrogen and oxygen atoms in total. The Bertz CT molecular complexity index is 942. The van der Waals surface area contributed by atoms with Gasteiger partial charge in [-0.2, -0.15) is 0 Å². The molecule has 0 saturated carbocycles. The lowest BCUT2D eigenvalue weighted by Crippen LogP contribution is -2.47. The van der Waals surface area contributed by atoms with Crippen molar-refractivity contribution in [2.24, 2.45) is 11.7 Å². The molecule has 2 amide bonds. The summed E-state index contributed by atoms with van der Waals surface area (Å²) in [4.78, 5) is 37.2. The zero-order valence-electron chi connectivity index (χ0n) is 18.2. The van der Waals surface area contributed by atoms with Gasteiger partial charge in [-0.1, -0.05) is 5.16 Å². The van der Waals surface area contributed by atoms with E-state index in [1.54, 1.807) is 0 Å². The Labute approximate surface area is 182 Å². The van der Waals surface area contributed by atoms with Crippen LogP contribution in [0, 0.1) is 19.8 Å². The molecule has 4 heterocycles. The van der Waals surface area contributed by atoms with E-state index in [0.29, 0.717) is 44.2 Å². The van der Waals surface area contributed by atoms with Crippen LogP contribution in [0.15, 0.2) is 16.8 Å². The summed E-state index contributed by atoms with van der Waals surface area (Å²) in [6.07, 6.45) is 5.00. The van der Waals surface area contributed by atoms with Crippen LogP contribution in [-0.4, -0.2) is 69.5 Å². The second-order valence-electron chi connectivity index (χ2n) is 8.66. The maximum absolute atomic E-state index is 12.7. The molecule has 2 aliphatic heterocycles. The van der Waals surface area contributed by atoms with Crippen LogP contribution in [0.5, 0.6) is 0 Å². The van der Waals surface area contributed by atoms with Crippen molar-refractivity contribution in [1.82, 2.24) is 24.9 Å². The zero-order valence-corrected chi connectivity index (χ0v) is 18.2. The molecule has 2 aromatic rings. The fraction of sp³-hybridized carbons (Fsp3) is 0.591. The van der Waals surface area contributed by atoms with E-state index in [1.165, 1.54) is 0 Å². The highest BCUT2D eigenvalue weighted by atomic mass is 16.5. The van der Waals surface area contributed by atoms with Gasteiger partial charge in [0, 0.05) is 37.2 Å². The van der Waals surface area contributed by atoms with Gasteiger partial charge in [0.25, 0.3) is 0 Å². The Morgan fingerprint density at radius 3 is 2.45 bits per heavy atom. The van der Waals surface area contributed by atoms with Gasteiger partial charge in [-0.3, -0.25) is 14.5 Å². The second-order valence-corrected chi connectivity index (χ2v) is 8.66. The Balaban J connectivity index is 1.35. The van der Waals surface area contributed by atoms with Gasteiger partial charge in [0.1, 0.15) is 5.82 Å². The van der Waals surface area contributed by atoms with E-state index in [1.807, 2.05) is 31.0 Å². The number of primary amides is 1. The van der Waals surface area contributed by atoms with E-state index in [0.717, 1.165) is 48.7 Å². The Morgan fingerprint density at radius 2 is 1.84 bits per heavy atom. The summed E-state index contributed by atoms with van der Waals surface area (Å²) in [5.41, 5.74) is 8.12. The average molecular weight is 427 g/mol. The third-order valence-electron chi connectivity index (χ3n) is 6.42. The number of nitrogens with zero attached hydrogens (tertiary/aromatic N) is 5. The summed E-state index contributed by atoms with van der Waals surface area (Å²) < 4.78 is 5.47. The molecule has 0 unspecified atom stereocenters. The second kappa shape index (κ2) is 9.13. The van der Waals surface area contributed by atoms with Crippen LogP contribution < -0.4 is 5.73 Å². The van der Waals surface area contributed by atoms with Crippen LogP contribution in [-0.2, 0) is 9.59 Å². The van der Waals surface area contributed by atoms with Crippen LogP contribution in [0.25, 0.3) is 11.3 Å². The van der Waals surface area contributed by atoms with Crippen molar-refractivity contribution in [2.45, 2.75) is 45.4 Å². The smallest absolute Gasteiger partial charge is 0.236 e. The molecule has 9 heteroatoms. The Kier molecular flexibility index (Phi) is 6.31. The van der Waals surface area contributed by atoms with Gasteiger partial charge in [-0.05, 0) is 52.6 Å². The first-order valence-corrected chi connectivity index (χ1v) is 11.0. The van der Waals surface area contributed by atoms with Crippen molar-refractivity contribution < 1.29 is 14.1 Å². The van der Waals surface area contributed by atoms with E-state index in [-0.39, 0.29) is 17.7 Å². The molecule has 0 radical (unpaired) electrons. The van der Waals surface area contributed by atoms with E-state index in [4.69, 9.17) is 15.2 Å². The Hall–Kier alpha value is -2.81. The predicted octanol–water partition coefficient (Wildman–Crippen LogP) is 1.65. The number of amides is 2. The molecule has 0 spiro atoms. The Morgan fingerprint density at radius 1 is 1.13 bits per heavy atom. The van der Waals surface area contributed by atoms with Crippen molar-refractivity contribution >= 4 is 11.8 Å². The number of aromatic nitrogens is 3. The lowest BCUT2D eigenvalue weighted by atomic mass is 9.90. The van der Waals surface area contributed by atoms with Crippen LogP contribution >= 0.6 is 0 Å². The fourth-order valence-corrected chi connectivity index (χ4v) is 4.55. The number of carbonyl (C=O) groups is 2. The minimum absolute atomic E-state index is 0.0986. The number of hydrogen-bond acceptors (Lipinski definition) is 7. The highest BCUT2D eigenvalue weighted by Crippen LogP contribution is 2.34. The minimum Gasteiger partial charge on any atom is -0.369 e. The molecular formula is C22H30N6O3.